The van der Waals surface area contributed by atoms with Crippen molar-refractivity contribution >= 4 is 47.9 Å². The summed E-state index contributed by atoms with van der Waals surface area (Å²) in [6.45, 7) is 0. The standard InChI is InChI=1S/CH4O3S.Ca.2H/c1-5(2,3)4;;;/h1H3,(H,2,3,4);;;. The van der Waals surface area contributed by atoms with Gasteiger partial charge in [-0.15, -0.1) is 0 Å². The summed E-state index contributed by atoms with van der Waals surface area (Å²) in [5, 5.41) is 0. The van der Waals surface area contributed by atoms with Crippen LogP contribution in [0.25, 0.3) is 0 Å². The topological polar surface area (TPSA) is 54.4 Å². The number of hydrogen-bond donors (Lipinski definition) is 1. The monoisotopic (exact) mass is 138 g/mol. The maximum absolute atomic E-state index is 9.19. The Balaban J connectivity index is 0. The van der Waals surface area contributed by atoms with Crippen LogP contribution in [0.4, 0.5) is 0 Å². The van der Waals surface area contributed by atoms with Gasteiger partial charge in [-0.3, -0.25) is 4.55 Å². The van der Waals surface area contributed by atoms with Crippen LogP contribution in [-0.2, 0) is 10.1 Å². The zero-order chi connectivity index (χ0) is 4.50. The molecule has 0 atom stereocenters. The van der Waals surface area contributed by atoms with Gasteiger partial charge in [0.05, 0.1) is 6.26 Å². The molecular weight excluding hydrogens is 132 g/mol. The van der Waals surface area contributed by atoms with Gasteiger partial charge in [-0.1, -0.05) is 0 Å². The summed E-state index contributed by atoms with van der Waals surface area (Å²) in [4.78, 5) is 0. The quantitative estimate of drug-likeness (QED) is 0.330. The van der Waals surface area contributed by atoms with Gasteiger partial charge < -0.3 is 0 Å². The molecule has 0 saturated heterocycles. The van der Waals surface area contributed by atoms with E-state index in [0.717, 1.165) is 0 Å². The second kappa shape index (κ2) is 3.21. The van der Waals surface area contributed by atoms with E-state index in [2.05, 4.69) is 0 Å². The Morgan fingerprint density at radius 3 is 1.50 bits per heavy atom. The molecule has 0 aliphatic heterocycles. The van der Waals surface area contributed by atoms with E-state index < -0.39 is 10.1 Å². The molecular formula is CH6CaO3S. The SMILES string of the molecule is CS(=O)(=O)O.[CaH2]. The first kappa shape index (κ1) is 10.2. The van der Waals surface area contributed by atoms with Gasteiger partial charge in [-0.05, 0) is 0 Å². The van der Waals surface area contributed by atoms with Gasteiger partial charge in [-0.2, -0.15) is 8.42 Å². The first-order chi connectivity index (χ1) is 2.00. The van der Waals surface area contributed by atoms with Crippen LogP contribution in [-0.4, -0.2) is 57.0 Å². The van der Waals surface area contributed by atoms with E-state index in [0.29, 0.717) is 6.26 Å². The molecule has 0 amide bonds. The molecule has 5 heteroatoms. The molecule has 36 valence electrons. The van der Waals surface area contributed by atoms with Gasteiger partial charge in [0, 0.05) is 0 Å². The average molecular weight is 138 g/mol. The molecule has 0 spiro atoms. The van der Waals surface area contributed by atoms with Gasteiger partial charge >= 0.3 is 37.7 Å². The van der Waals surface area contributed by atoms with Crippen LogP contribution in [0, 0.1) is 0 Å². The fraction of sp³-hybridized carbons (Fsp3) is 1.00. The van der Waals surface area contributed by atoms with Gasteiger partial charge in [0.2, 0.25) is 0 Å². The third kappa shape index (κ3) is 65.7. The van der Waals surface area contributed by atoms with Crippen molar-refractivity contribution in [2.45, 2.75) is 0 Å². The molecule has 0 aliphatic rings. The summed E-state index contributed by atoms with van der Waals surface area (Å²) >= 11 is 0. The van der Waals surface area contributed by atoms with Crippen LogP contribution >= 0.6 is 0 Å². The van der Waals surface area contributed by atoms with Gasteiger partial charge in [0.15, 0.2) is 0 Å². The van der Waals surface area contributed by atoms with Crippen LogP contribution in [0.15, 0.2) is 0 Å². The van der Waals surface area contributed by atoms with Gasteiger partial charge in [-0.25, -0.2) is 0 Å². The molecule has 0 saturated carbocycles. The fourth-order valence-corrected chi connectivity index (χ4v) is 0. The third-order valence-corrected chi connectivity index (χ3v) is 0. The minimum absolute atomic E-state index is 0. The second-order valence-electron chi connectivity index (χ2n) is 0.733. The summed E-state index contributed by atoms with van der Waals surface area (Å²) in [5.74, 6) is 0. The van der Waals surface area contributed by atoms with Crippen molar-refractivity contribution in [1.82, 2.24) is 0 Å². The molecule has 6 heavy (non-hydrogen) atoms. The predicted octanol–water partition coefficient (Wildman–Crippen LogP) is -1.41. The van der Waals surface area contributed by atoms with E-state index in [1.807, 2.05) is 0 Å². The van der Waals surface area contributed by atoms with E-state index in [1.165, 1.54) is 0 Å². The van der Waals surface area contributed by atoms with E-state index in [9.17, 15) is 8.42 Å². The van der Waals surface area contributed by atoms with Crippen molar-refractivity contribution in [2.24, 2.45) is 0 Å². The Labute approximate surface area is 66.5 Å². The van der Waals surface area contributed by atoms with E-state index in [1.54, 1.807) is 0 Å². The van der Waals surface area contributed by atoms with Crippen LogP contribution in [0.3, 0.4) is 0 Å². The molecule has 0 unspecified atom stereocenters. The molecule has 0 aliphatic carbocycles. The van der Waals surface area contributed by atoms with Crippen LogP contribution in [0.5, 0.6) is 0 Å². The fourth-order valence-electron chi connectivity index (χ4n) is 0. The molecule has 0 aromatic rings. The van der Waals surface area contributed by atoms with Crippen LogP contribution < -0.4 is 0 Å². The summed E-state index contributed by atoms with van der Waals surface area (Å²) in [7, 11) is -3.67. The summed E-state index contributed by atoms with van der Waals surface area (Å²) in [6.07, 6.45) is 0.715. The summed E-state index contributed by atoms with van der Waals surface area (Å²) in [6, 6.07) is 0. The van der Waals surface area contributed by atoms with Crippen molar-refractivity contribution < 1.29 is 13.0 Å². The zero-order valence-corrected chi connectivity index (χ0v) is 3.49. The van der Waals surface area contributed by atoms with E-state index in [-0.39, 0.29) is 37.7 Å². The molecule has 0 radical (unpaired) electrons. The molecule has 0 aromatic carbocycles. The van der Waals surface area contributed by atoms with Crippen molar-refractivity contribution in [3.8, 4) is 0 Å². The van der Waals surface area contributed by atoms with E-state index in [4.69, 9.17) is 4.55 Å². The van der Waals surface area contributed by atoms with Crippen molar-refractivity contribution in [2.75, 3.05) is 6.26 Å². The Morgan fingerprint density at radius 2 is 1.50 bits per heavy atom. The molecule has 0 heterocycles. The van der Waals surface area contributed by atoms with Crippen molar-refractivity contribution in [1.29, 1.82) is 0 Å². The van der Waals surface area contributed by atoms with Crippen molar-refractivity contribution in [3.05, 3.63) is 0 Å². The molecule has 0 bridgehead atoms. The van der Waals surface area contributed by atoms with E-state index >= 15 is 0 Å². The minimum atomic E-state index is -3.67. The van der Waals surface area contributed by atoms with Gasteiger partial charge in [0.25, 0.3) is 10.1 Å². The maximum atomic E-state index is 9.19. The molecule has 3 nitrogen and oxygen atoms in total. The molecule has 1 N–H and O–H groups in total. The Bertz CT molecular complexity index is 94.0. The Morgan fingerprint density at radius 1 is 1.50 bits per heavy atom. The number of hydrogen-bond acceptors (Lipinski definition) is 2. The normalized spacial score (nSPS) is 9.67. The predicted molar refractivity (Wildman–Crippen MR) is 26.0 cm³/mol. The summed E-state index contributed by atoms with van der Waals surface area (Å²) in [5.41, 5.74) is 0. The average Bonchev–Trinajstić information content (AvgIpc) is 0.722. The van der Waals surface area contributed by atoms with Crippen LogP contribution in [0.2, 0.25) is 0 Å². The second-order valence-corrected chi connectivity index (χ2v) is 2.20. The third-order valence-electron chi connectivity index (χ3n) is 0. The summed E-state index contributed by atoms with van der Waals surface area (Å²) < 4.78 is 25.9. The number of rotatable bonds is 0. The Hall–Kier alpha value is 1.17. The molecule has 0 fully saturated rings. The molecule has 0 rings (SSSR count). The first-order valence-corrected chi connectivity index (χ1v) is 2.77. The first-order valence-electron chi connectivity index (χ1n) is 0.924. The zero-order valence-electron chi connectivity index (χ0n) is 2.67. The van der Waals surface area contributed by atoms with Gasteiger partial charge in [0.1, 0.15) is 0 Å². The Kier molecular flexibility index (Phi) is 5.46. The van der Waals surface area contributed by atoms with Crippen LogP contribution in [0.1, 0.15) is 0 Å². The van der Waals surface area contributed by atoms with Crippen molar-refractivity contribution in [3.63, 3.8) is 0 Å². The molecule has 0 aromatic heterocycles.